The van der Waals surface area contributed by atoms with Crippen LogP contribution in [-0.4, -0.2) is 26.7 Å². The van der Waals surface area contributed by atoms with Crippen LogP contribution in [0.25, 0.3) is 0 Å². The third kappa shape index (κ3) is 3.38. The molecule has 0 N–H and O–H groups in total. The number of nitro groups is 1. The van der Waals surface area contributed by atoms with Gasteiger partial charge in [0.15, 0.2) is 6.67 Å². The van der Waals surface area contributed by atoms with E-state index in [9.17, 15) is 10.1 Å². The molecule has 0 saturated carbocycles. The molecule has 0 unspecified atom stereocenters. The van der Waals surface area contributed by atoms with Gasteiger partial charge in [-0.1, -0.05) is 34.9 Å². The van der Waals surface area contributed by atoms with Crippen LogP contribution in [0, 0.1) is 17.0 Å². The fourth-order valence-electron chi connectivity index (χ4n) is 1.87. The first-order chi connectivity index (χ1) is 9.06. The van der Waals surface area contributed by atoms with E-state index < -0.39 is 4.92 Å². The average molecular weight is 260 g/mol. The van der Waals surface area contributed by atoms with Crippen molar-refractivity contribution in [3.8, 4) is 0 Å². The smallest absolute Gasteiger partial charge is 0.346 e. The number of hydrogen-bond donors (Lipinski definition) is 0. The second-order valence-corrected chi connectivity index (χ2v) is 4.59. The molecule has 0 fully saturated rings. The maximum absolute atomic E-state index is 10.8. The molecule has 6 heteroatoms. The summed E-state index contributed by atoms with van der Waals surface area (Å²) in [6.45, 7) is 3.15. The van der Waals surface area contributed by atoms with Crippen LogP contribution in [-0.2, 0) is 13.2 Å². The highest BCUT2D eigenvalue weighted by Crippen LogP contribution is 2.11. The van der Waals surface area contributed by atoms with Gasteiger partial charge in [-0.2, -0.15) is 0 Å². The highest BCUT2D eigenvalue weighted by molar-refractivity contribution is 5.21. The molecule has 19 heavy (non-hydrogen) atoms. The molecule has 0 atom stereocenters. The van der Waals surface area contributed by atoms with Gasteiger partial charge in [0.25, 0.3) is 0 Å². The molecular weight excluding hydrogens is 244 g/mol. The van der Waals surface area contributed by atoms with Gasteiger partial charge in [-0.25, -0.2) is 0 Å². The van der Waals surface area contributed by atoms with Crippen molar-refractivity contribution in [1.29, 1.82) is 0 Å². The van der Waals surface area contributed by atoms with Crippen molar-refractivity contribution in [1.82, 2.24) is 14.7 Å². The number of nitrogens with zero attached hydrogens (tertiary/aromatic N) is 4. The third-order valence-electron chi connectivity index (χ3n) is 2.83. The number of aromatic nitrogens is 2. The molecular formula is C13H16N4O2. The number of benzene rings is 1. The van der Waals surface area contributed by atoms with Crippen molar-refractivity contribution in [2.75, 3.05) is 7.05 Å². The van der Waals surface area contributed by atoms with Crippen LogP contribution in [0.3, 0.4) is 0 Å². The molecule has 0 bridgehead atoms. The van der Waals surface area contributed by atoms with Gasteiger partial charge in [0.05, 0.1) is 12.3 Å². The maximum atomic E-state index is 10.8. The Balaban J connectivity index is 2.01. The molecule has 2 rings (SSSR count). The first kappa shape index (κ1) is 13.2. The van der Waals surface area contributed by atoms with Crippen molar-refractivity contribution < 1.29 is 4.92 Å². The summed E-state index contributed by atoms with van der Waals surface area (Å²) in [7, 11) is 1.91. The minimum absolute atomic E-state index is 0.00996. The fourth-order valence-corrected chi connectivity index (χ4v) is 1.87. The van der Waals surface area contributed by atoms with E-state index in [1.165, 1.54) is 28.1 Å². The van der Waals surface area contributed by atoms with Gasteiger partial charge < -0.3 is 10.1 Å². The largest absolute Gasteiger partial charge is 0.358 e. The van der Waals surface area contributed by atoms with E-state index in [0.29, 0.717) is 6.67 Å². The summed E-state index contributed by atoms with van der Waals surface area (Å²) in [4.78, 5) is 12.3. The minimum atomic E-state index is -0.424. The Morgan fingerprint density at radius 1 is 1.32 bits per heavy atom. The lowest BCUT2D eigenvalue weighted by atomic mass is 10.1. The normalized spacial score (nSPS) is 10.9. The van der Waals surface area contributed by atoms with E-state index in [1.807, 2.05) is 18.9 Å². The quantitative estimate of drug-likeness (QED) is 0.610. The second-order valence-electron chi connectivity index (χ2n) is 4.59. The predicted molar refractivity (Wildman–Crippen MR) is 71.5 cm³/mol. The van der Waals surface area contributed by atoms with Crippen molar-refractivity contribution in [3.05, 3.63) is 57.8 Å². The monoisotopic (exact) mass is 260 g/mol. The van der Waals surface area contributed by atoms with E-state index in [0.717, 1.165) is 6.54 Å². The van der Waals surface area contributed by atoms with E-state index in [2.05, 4.69) is 29.4 Å². The number of rotatable bonds is 5. The van der Waals surface area contributed by atoms with E-state index >= 15 is 0 Å². The Hall–Kier alpha value is -2.21. The molecule has 1 heterocycles. The summed E-state index contributed by atoms with van der Waals surface area (Å²) < 4.78 is 1.38. The van der Waals surface area contributed by atoms with Crippen LogP contribution in [0.1, 0.15) is 11.1 Å². The molecule has 0 spiro atoms. The zero-order valence-corrected chi connectivity index (χ0v) is 11.0. The van der Waals surface area contributed by atoms with Crippen LogP contribution in [0.4, 0.5) is 5.82 Å². The van der Waals surface area contributed by atoms with E-state index in [1.54, 1.807) is 0 Å². The summed E-state index contributed by atoms with van der Waals surface area (Å²) in [5, 5.41) is 14.8. The van der Waals surface area contributed by atoms with Gasteiger partial charge in [-0.05, 0) is 24.5 Å². The van der Waals surface area contributed by atoms with Crippen molar-refractivity contribution in [3.63, 3.8) is 0 Å². The lowest BCUT2D eigenvalue weighted by Gasteiger charge is -2.14. The Morgan fingerprint density at radius 2 is 2.00 bits per heavy atom. The molecule has 0 radical (unpaired) electrons. The van der Waals surface area contributed by atoms with Crippen LogP contribution in [0.15, 0.2) is 36.5 Å². The van der Waals surface area contributed by atoms with Crippen molar-refractivity contribution >= 4 is 5.82 Å². The number of aryl methyl sites for hydroxylation is 1. The SMILES string of the molecule is Cc1ccc(CN(C)Cn2nccc2[N+](=O)[O-])cc1. The van der Waals surface area contributed by atoms with Crippen LogP contribution >= 0.6 is 0 Å². The fraction of sp³-hybridized carbons (Fsp3) is 0.308. The standard InChI is InChI=1S/C13H16N4O2/c1-11-3-5-12(6-4-11)9-15(2)10-16-13(17(18)19)7-8-14-16/h3-8H,9-10H2,1-2H3. The van der Waals surface area contributed by atoms with Crippen molar-refractivity contribution in [2.45, 2.75) is 20.1 Å². The maximum Gasteiger partial charge on any atom is 0.346 e. The Kier molecular flexibility index (Phi) is 3.91. The first-order valence-corrected chi connectivity index (χ1v) is 5.96. The van der Waals surface area contributed by atoms with Gasteiger partial charge in [0.2, 0.25) is 0 Å². The summed E-state index contributed by atoms with van der Waals surface area (Å²) in [5.74, 6) is 0.00996. The molecule has 0 aliphatic rings. The Morgan fingerprint density at radius 3 is 2.63 bits per heavy atom. The van der Waals surface area contributed by atoms with E-state index in [-0.39, 0.29) is 5.82 Å². The van der Waals surface area contributed by atoms with E-state index in [4.69, 9.17) is 0 Å². The molecule has 0 amide bonds. The molecule has 0 aliphatic carbocycles. The summed E-state index contributed by atoms with van der Waals surface area (Å²) in [6, 6.07) is 9.63. The zero-order chi connectivity index (χ0) is 13.8. The molecule has 0 saturated heterocycles. The Labute approximate surface area is 111 Å². The lowest BCUT2D eigenvalue weighted by molar-refractivity contribution is -0.393. The molecule has 100 valence electrons. The van der Waals surface area contributed by atoms with Crippen LogP contribution in [0.5, 0.6) is 0 Å². The van der Waals surface area contributed by atoms with Crippen LogP contribution < -0.4 is 0 Å². The molecule has 2 aromatic rings. The van der Waals surface area contributed by atoms with Gasteiger partial charge in [0.1, 0.15) is 0 Å². The first-order valence-electron chi connectivity index (χ1n) is 5.96. The molecule has 6 nitrogen and oxygen atoms in total. The summed E-state index contributed by atoms with van der Waals surface area (Å²) in [5.41, 5.74) is 2.39. The minimum Gasteiger partial charge on any atom is -0.358 e. The van der Waals surface area contributed by atoms with Crippen molar-refractivity contribution in [2.24, 2.45) is 0 Å². The summed E-state index contributed by atoms with van der Waals surface area (Å²) >= 11 is 0. The lowest BCUT2D eigenvalue weighted by Crippen LogP contribution is -2.23. The topological polar surface area (TPSA) is 64.2 Å². The highest BCUT2D eigenvalue weighted by atomic mass is 16.6. The van der Waals surface area contributed by atoms with Gasteiger partial charge in [0, 0.05) is 6.54 Å². The average Bonchev–Trinajstić information content (AvgIpc) is 2.80. The summed E-state index contributed by atoms with van der Waals surface area (Å²) in [6.07, 6.45) is 1.44. The molecule has 0 aliphatic heterocycles. The predicted octanol–water partition coefficient (Wildman–Crippen LogP) is 2.19. The van der Waals surface area contributed by atoms with Gasteiger partial charge in [-0.3, -0.25) is 4.90 Å². The third-order valence-corrected chi connectivity index (χ3v) is 2.83. The highest BCUT2D eigenvalue weighted by Gasteiger charge is 2.15. The number of hydrogen-bond acceptors (Lipinski definition) is 4. The van der Waals surface area contributed by atoms with Gasteiger partial charge in [-0.15, -0.1) is 4.68 Å². The molecule has 1 aromatic carbocycles. The Bertz CT molecular complexity index is 562. The zero-order valence-electron chi connectivity index (χ0n) is 11.0. The molecule has 1 aromatic heterocycles. The second kappa shape index (κ2) is 5.62. The van der Waals surface area contributed by atoms with Crippen LogP contribution in [0.2, 0.25) is 0 Å². The van der Waals surface area contributed by atoms with Gasteiger partial charge >= 0.3 is 5.82 Å².